The van der Waals surface area contributed by atoms with Gasteiger partial charge in [-0.1, -0.05) is 0 Å². The van der Waals surface area contributed by atoms with Gasteiger partial charge in [0.05, 0.1) is 0 Å². The molecule has 1 saturated heterocycles. The first-order chi connectivity index (χ1) is 14.3. The normalized spacial score (nSPS) is 17.1. The first kappa shape index (κ1) is 19.2. The molecule has 0 unspecified atom stereocenters. The van der Waals surface area contributed by atoms with Gasteiger partial charge in [0.2, 0.25) is 0 Å². The zero-order valence-corrected chi connectivity index (χ0v) is 19.8. The van der Waals surface area contributed by atoms with Crippen molar-refractivity contribution in [1.82, 2.24) is 0 Å². The average Bonchev–Trinajstić information content (AvgIpc) is 3.25. The Balaban J connectivity index is 1.72. The van der Waals surface area contributed by atoms with Crippen molar-refractivity contribution in [2.45, 2.75) is 0 Å². The second-order valence-electron chi connectivity index (χ2n) is 7.35. The second kappa shape index (κ2) is 8.18. The van der Waals surface area contributed by atoms with Gasteiger partial charge in [-0.2, -0.15) is 0 Å². The monoisotopic (exact) mass is 478 g/mol. The minimum absolute atomic E-state index is 0.533. The quantitative estimate of drug-likeness (QED) is 0.291. The molecule has 0 nitrogen and oxygen atoms in total. The molecule has 0 bridgehead atoms. The molecule has 0 radical (unpaired) electrons. The summed E-state index contributed by atoms with van der Waals surface area (Å²) in [6, 6.07) is 45.7. The maximum atomic E-state index is 2.40. The van der Waals surface area contributed by atoms with Gasteiger partial charge in [-0.15, -0.1) is 0 Å². The summed E-state index contributed by atoms with van der Waals surface area (Å²) in [4.78, 5) is 0. The van der Waals surface area contributed by atoms with Crippen LogP contribution < -0.4 is 21.2 Å². The Morgan fingerprint density at radius 1 is 0.379 bits per heavy atom. The Labute approximate surface area is 180 Å². The van der Waals surface area contributed by atoms with E-state index >= 15 is 0 Å². The molecule has 1 heterocycles. The molecule has 0 aromatic heterocycles. The minimum atomic E-state index is -1.39. The predicted octanol–water partition coefficient (Wildman–Crippen LogP) is 4.87. The van der Waals surface area contributed by atoms with Crippen molar-refractivity contribution < 1.29 is 0 Å². The molecule has 0 amide bonds. The van der Waals surface area contributed by atoms with E-state index in [4.69, 9.17) is 0 Å². The Morgan fingerprint density at radius 3 is 0.862 bits per heavy atom. The van der Waals surface area contributed by atoms with Crippen molar-refractivity contribution in [3.63, 3.8) is 0 Å². The molecule has 3 heteroatoms. The van der Waals surface area contributed by atoms with Crippen LogP contribution in [-0.2, 0) is 0 Å². The predicted molar refractivity (Wildman–Crippen MR) is 134 cm³/mol. The molecule has 29 heavy (non-hydrogen) atoms. The molecule has 5 rings (SSSR count). The van der Waals surface area contributed by atoms with Crippen molar-refractivity contribution >= 4 is 47.2 Å². The molecule has 0 aliphatic carbocycles. The fraction of sp³-hybridized carbons (Fsp3) is 0.0769. The first-order valence-electron chi connectivity index (χ1n) is 10.0. The van der Waals surface area contributed by atoms with Gasteiger partial charge in [0.1, 0.15) is 0 Å². The van der Waals surface area contributed by atoms with E-state index < -0.39 is 11.9 Å². The average molecular weight is 477 g/mol. The van der Waals surface area contributed by atoms with Crippen molar-refractivity contribution in [2.24, 2.45) is 0 Å². The van der Waals surface area contributed by atoms with E-state index in [-0.39, 0.29) is 0 Å². The molecular weight excluding hydrogens is 453 g/mol. The van der Waals surface area contributed by atoms with Gasteiger partial charge in [-0.05, 0) is 0 Å². The van der Waals surface area contributed by atoms with Crippen LogP contribution in [0.5, 0.6) is 0 Å². The van der Waals surface area contributed by atoms with Crippen molar-refractivity contribution in [3.8, 4) is 0 Å². The van der Waals surface area contributed by atoms with E-state index in [2.05, 4.69) is 121 Å². The van der Waals surface area contributed by atoms with E-state index in [9.17, 15) is 0 Å². The molecular formula is C26H24P2Se+2. The summed E-state index contributed by atoms with van der Waals surface area (Å²) in [5, 5.41) is 6.39. The van der Waals surface area contributed by atoms with Gasteiger partial charge in [0.25, 0.3) is 0 Å². The second-order valence-corrected chi connectivity index (χ2v) is 24.9. The number of benzene rings is 4. The van der Waals surface area contributed by atoms with E-state index in [1.165, 1.54) is 12.3 Å². The maximum absolute atomic E-state index is 2.40. The van der Waals surface area contributed by atoms with Crippen LogP contribution in [0.4, 0.5) is 0 Å². The summed E-state index contributed by atoms with van der Waals surface area (Å²) in [5.74, 6) is -2.78. The van der Waals surface area contributed by atoms with Crippen LogP contribution in [0.3, 0.4) is 0 Å². The fourth-order valence-electron chi connectivity index (χ4n) is 4.28. The summed E-state index contributed by atoms with van der Waals surface area (Å²) in [5.41, 5.74) is 0. The van der Waals surface area contributed by atoms with Crippen LogP contribution in [0, 0.1) is 0 Å². The zero-order valence-electron chi connectivity index (χ0n) is 16.3. The summed E-state index contributed by atoms with van der Waals surface area (Å²) in [6.07, 6.45) is 2.66. The van der Waals surface area contributed by atoms with Crippen LogP contribution in [0.1, 0.15) is 0 Å². The van der Waals surface area contributed by atoms with Crippen LogP contribution in [0.15, 0.2) is 121 Å². The van der Waals surface area contributed by atoms with Gasteiger partial charge in [-0.3, -0.25) is 0 Å². The summed E-state index contributed by atoms with van der Waals surface area (Å²) in [7, 11) is 0. The van der Waals surface area contributed by atoms with Gasteiger partial charge in [-0.25, -0.2) is 0 Å². The Kier molecular flexibility index (Phi) is 5.43. The molecule has 1 aliphatic heterocycles. The van der Waals surface area contributed by atoms with Crippen molar-refractivity contribution in [1.29, 1.82) is 0 Å². The third kappa shape index (κ3) is 3.42. The Morgan fingerprint density at radius 2 is 0.621 bits per heavy atom. The molecule has 142 valence electrons. The SMILES string of the molecule is c1ccc([P+]2(c3ccccc3)CC[P+](c3ccccc3)(c3ccccc3)[Se]2)cc1. The zero-order chi connectivity index (χ0) is 19.6. The molecule has 0 saturated carbocycles. The molecule has 0 atom stereocenters. The van der Waals surface area contributed by atoms with Crippen LogP contribution >= 0.6 is 11.9 Å². The summed E-state index contributed by atoms with van der Waals surface area (Å²) >= 11 is 0.533. The van der Waals surface area contributed by atoms with E-state index in [0.717, 1.165) is 0 Å². The first-order valence-corrected chi connectivity index (χ1v) is 18.4. The van der Waals surface area contributed by atoms with Gasteiger partial charge >= 0.3 is 181 Å². The molecule has 4 aromatic rings. The van der Waals surface area contributed by atoms with Gasteiger partial charge in [0, 0.05) is 0 Å². The number of hydrogen-bond donors (Lipinski definition) is 0. The third-order valence-electron chi connectivity index (χ3n) is 5.70. The van der Waals surface area contributed by atoms with Crippen LogP contribution in [0.2, 0.25) is 0 Å². The number of rotatable bonds is 4. The van der Waals surface area contributed by atoms with Gasteiger partial charge in [0.15, 0.2) is 0 Å². The van der Waals surface area contributed by atoms with E-state index in [1.54, 1.807) is 21.2 Å². The Bertz CT molecular complexity index is 899. The van der Waals surface area contributed by atoms with E-state index in [0.29, 0.717) is 14.1 Å². The molecule has 1 aliphatic rings. The standard InChI is InChI=1S/C26H24P2Se/c1-5-13-23(14-6-1)27(24-15-7-2-8-16-24)21-22-28(29-27,25-17-9-3-10-18-25)26-19-11-4-12-20-26/h1-20H,21-22H2/q+2. The van der Waals surface area contributed by atoms with Crippen molar-refractivity contribution in [2.75, 3.05) is 12.3 Å². The molecule has 0 spiro atoms. The molecule has 1 fully saturated rings. The van der Waals surface area contributed by atoms with Gasteiger partial charge < -0.3 is 0 Å². The van der Waals surface area contributed by atoms with Crippen LogP contribution in [0.25, 0.3) is 0 Å². The van der Waals surface area contributed by atoms with Crippen LogP contribution in [-0.4, -0.2) is 26.4 Å². The summed E-state index contributed by atoms with van der Waals surface area (Å²) in [6.45, 7) is 0. The topological polar surface area (TPSA) is 0 Å². The summed E-state index contributed by atoms with van der Waals surface area (Å²) < 4.78 is 0. The number of hydrogen-bond acceptors (Lipinski definition) is 0. The van der Waals surface area contributed by atoms with E-state index in [1.807, 2.05) is 0 Å². The Hall–Kier alpha value is -1.74. The molecule has 0 N–H and O–H groups in total. The fourth-order valence-corrected chi connectivity index (χ4v) is 40.2. The van der Waals surface area contributed by atoms with Crippen molar-refractivity contribution in [3.05, 3.63) is 121 Å². The molecule has 4 aromatic carbocycles. The third-order valence-corrected chi connectivity index (χ3v) is 32.7.